The normalized spacial score (nSPS) is 16.8. The van der Waals surface area contributed by atoms with Gasteiger partial charge in [0.25, 0.3) is 0 Å². The molecule has 1 saturated heterocycles. The summed E-state index contributed by atoms with van der Waals surface area (Å²) in [6, 6.07) is 23.8. The van der Waals surface area contributed by atoms with Crippen molar-refractivity contribution < 1.29 is 0 Å². The molecule has 0 bridgehead atoms. The van der Waals surface area contributed by atoms with Gasteiger partial charge in [0, 0.05) is 43.2 Å². The summed E-state index contributed by atoms with van der Waals surface area (Å²) >= 11 is 0. The van der Waals surface area contributed by atoms with Crippen molar-refractivity contribution in [2.24, 2.45) is 0 Å². The van der Waals surface area contributed by atoms with Crippen LogP contribution in [0.25, 0.3) is 6.08 Å². The van der Waals surface area contributed by atoms with Gasteiger partial charge in [-0.25, -0.2) is 0 Å². The first kappa shape index (κ1) is 22.0. The maximum absolute atomic E-state index is 6.05. The predicted molar refractivity (Wildman–Crippen MR) is 138 cm³/mol. The van der Waals surface area contributed by atoms with Crippen LogP contribution < -0.4 is 16.4 Å². The maximum Gasteiger partial charge on any atom is 0.0670 e. The van der Waals surface area contributed by atoms with Crippen molar-refractivity contribution in [3.63, 3.8) is 0 Å². The first-order chi connectivity index (χ1) is 15.6. The molecule has 0 unspecified atom stereocenters. The van der Waals surface area contributed by atoms with E-state index in [1.165, 1.54) is 22.4 Å². The van der Waals surface area contributed by atoms with Crippen LogP contribution in [-0.2, 0) is 12.8 Å². The lowest BCUT2D eigenvalue weighted by atomic mass is 9.98. The van der Waals surface area contributed by atoms with Crippen molar-refractivity contribution in [2.75, 3.05) is 42.5 Å². The zero-order valence-electron chi connectivity index (χ0n) is 19.0. The average molecular weight is 427 g/mol. The summed E-state index contributed by atoms with van der Waals surface area (Å²) < 4.78 is 0. The third-order valence-electron chi connectivity index (χ3n) is 6.49. The molecule has 1 heterocycles. The van der Waals surface area contributed by atoms with Gasteiger partial charge >= 0.3 is 0 Å². The summed E-state index contributed by atoms with van der Waals surface area (Å²) in [6.07, 6.45) is 3.97. The van der Waals surface area contributed by atoms with Gasteiger partial charge in [0.1, 0.15) is 0 Å². The predicted octanol–water partition coefficient (Wildman–Crippen LogP) is 5.16. The van der Waals surface area contributed by atoms with Crippen LogP contribution in [0.15, 0.2) is 73.3 Å². The fourth-order valence-corrected chi connectivity index (χ4v) is 4.63. The van der Waals surface area contributed by atoms with Gasteiger partial charge in [-0.05, 0) is 65.4 Å². The Kier molecular flexibility index (Phi) is 6.81. The second-order valence-electron chi connectivity index (χ2n) is 8.62. The Morgan fingerprint density at radius 3 is 2.44 bits per heavy atom. The van der Waals surface area contributed by atoms with E-state index in [1.54, 1.807) is 0 Å². The summed E-state index contributed by atoms with van der Waals surface area (Å²) in [5.41, 5.74) is 19.9. The average Bonchev–Trinajstić information content (AvgIpc) is 2.83. The van der Waals surface area contributed by atoms with Gasteiger partial charge in [-0.2, -0.15) is 0 Å². The smallest absolute Gasteiger partial charge is 0.0670 e. The van der Waals surface area contributed by atoms with Gasteiger partial charge in [0.05, 0.1) is 6.04 Å². The van der Waals surface area contributed by atoms with Gasteiger partial charge in [-0.3, -0.25) is 4.90 Å². The summed E-state index contributed by atoms with van der Waals surface area (Å²) in [7, 11) is 0. The number of anilines is 3. The van der Waals surface area contributed by atoms with E-state index in [-0.39, 0.29) is 6.04 Å². The van der Waals surface area contributed by atoms with Gasteiger partial charge in [0.15, 0.2) is 0 Å². The highest BCUT2D eigenvalue weighted by molar-refractivity contribution is 5.71. The monoisotopic (exact) mass is 426 g/mol. The molecule has 3 aromatic carbocycles. The minimum atomic E-state index is 0.276. The van der Waals surface area contributed by atoms with Gasteiger partial charge in [0.2, 0.25) is 0 Å². The zero-order chi connectivity index (χ0) is 22.5. The molecule has 0 radical (unpaired) electrons. The lowest BCUT2D eigenvalue weighted by molar-refractivity contribution is 0.226. The molecule has 0 amide bonds. The highest BCUT2D eigenvalue weighted by Gasteiger charge is 2.29. The van der Waals surface area contributed by atoms with Gasteiger partial charge in [-0.1, -0.05) is 56.0 Å². The van der Waals surface area contributed by atoms with E-state index in [9.17, 15) is 0 Å². The van der Waals surface area contributed by atoms with E-state index in [1.807, 2.05) is 30.3 Å². The van der Waals surface area contributed by atoms with Crippen LogP contribution in [0.5, 0.6) is 0 Å². The van der Waals surface area contributed by atoms with Gasteiger partial charge < -0.3 is 16.4 Å². The molecule has 4 heteroatoms. The van der Waals surface area contributed by atoms with Crippen molar-refractivity contribution in [1.29, 1.82) is 0 Å². The summed E-state index contributed by atoms with van der Waals surface area (Å²) in [6.45, 7) is 10.2. The summed E-state index contributed by atoms with van der Waals surface area (Å²) in [5.74, 6) is 0. The molecule has 0 aromatic heterocycles. The van der Waals surface area contributed by atoms with Crippen LogP contribution in [0.2, 0.25) is 0 Å². The number of nitrogens with zero attached hydrogens (tertiary/aromatic N) is 2. The molecular formula is C28H34N4. The Morgan fingerprint density at radius 1 is 0.938 bits per heavy atom. The SMILES string of the molecule is C=Cc1cc(N)ccc1N1CCN(CCc2cccc(N)c2)C[C@H]1c1ccc(CC)cc1. The second kappa shape index (κ2) is 9.92. The first-order valence-electron chi connectivity index (χ1n) is 11.5. The molecule has 0 saturated carbocycles. The molecule has 4 rings (SSSR count). The third kappa shape index (κ3) is 4.97. The van der Waals surface area contributed by atoms with Crippen LogP contribution in [0.3, 0.4) is 0 Å². The minimum Gasteiger partial charge on any atom is -0.399 e. The molecular weight excluding hydrogens is 392 g/mol. The molecule has 3 aromatic rings. The molecule has 1 aliphatic heterocycles. The highest BCUT2D eigenvalue weighted by atomic mass is 15.3. The maximum atomic E-state index is 6.05. The van der Waals surface area contributed by atoms with E-state index in [4.69, 9.17) is 11.5 Å². The molecule has 1 aliphatic rings. The van der Waals surface area contributed by atoms with Crippen LogP contribution >= 0.6 is 0 Å². The van der Waals surface area contributed by atoms with E-state index in [0.29, 0.717) is 0 Å². The Morgan fingerprint density at radius 2 is 1.72 bits per heavy atom. The Labute approximate surface area is 192 Å². The van der Waals surface area contributed by atoms with E-state index < -0.39 is 0 Å². The quantitative estimate of drug-likeness (QED) is 0.512. The topological polar surface area (TPSA) is 58.5 Å². The lowest BCUT2D eigenvalue weighted by Crippen LogP contribution is -2.49. The Balaban J connectivity index is 1.59. The number of piperazine rings is 1. The summed E-state index contributed by atoms with van der Waals surface area (Å²) in [4.78, 5) is 5.09. The molecule has 0 spiro atoms. The van der Waals surface area contributed by atoms with E-state index >= 15 is 0 Å². The number of hydrogen-bond acceptors (Lipinski definition) is 4. The molecule has 4 nitrogen and oxygen atoms in total. The molecule has 1 fully saturated rings. The number of aryl methyl sites for hydroxylation is 1. The number of hydrogen-bond donors (Lipinski definition) is 2. The van der Waals surface area contributed by atoms with Crippen molar-refractivity contribution >= 4 is 23.1 Å². The van der Waals surface area contributed by atoms with Crippen LogP contribution in [0.4, 0.5) is 17.1 Å². The standard InChI is InChI=1S/C28H34N4/c1-3-21-8-10-24(11-9-21)28-20-31(15-14-22-6-5-7-25(29)18-22)16-17-32(28)27-13-12-26(30)19-23(27)4-2/h4-13,18-19,28H,2-3,14-17,20,29-30H2,1H3/t28-/m0/s1. The van der Waals surface area contributed by atoms with Crippen LogP contribution in [-0.4, -0.2) is 31.1 Å². The number of nitrogens with two attached hydrogens (primary N) is 2. The second-order valence-corrected chi connectivity index (χ2v) is 8.62. The fraction of sp³-hybridized carbons (Fsp3) is 0.286. The van der Waals surface area contributed by atoms with Gasteiger partial charge in [-0.15, -0.1) is 0 Å². The molecule has 166 valence electrons. The minimum absolute atomic E-state index is 0.276. The van der Waals surface area contributed by atoms with Crippen molar-refractivity contribution in [3.05, 3.63) is 95.6 Å². The molecule has 32 heavy (non-hydrogen) atoms. The first-order valence-corrected chi connectivity index (χ1v) is 11.5. The molecule has 4 N–H and O–H groups in total. The largest absolute Gasteiger partial charge is 0.399 e. The fourth-order valence-electron chi connectivity index (χ4n) is 4.63. The molecule has 0 aliphatic carbocycles. The lowest BCUT2D eigenvalue weighted by Gasteiger charge is -2.44. The number of benzene rings is 3. The highest BCUT2D eigenvalue weighted by Crippen LogP contribution is 2.34. The number of nitrogen functional groups attached to an aromatic ring is 2. The van der Waals surface area contributed by atoms with Crippen LogP contribution in [0.1, 0.15) is 35.2 Å². The van der Waals surface area contributed by atoms with Crippen molar-refractivity contribution in [3.8, 4) is 0 Å². The zero-order valence-corrected chi connectivity index (χ0v) is 19.0. The van der Waals surface area contributed by atoms with Crippen molar-refractivity contribution in [1.82, 2.24) is 4.90 Å². The summed E-state index contributed by atoms with van der Waals surface area (Å²) in [5, 5.41) is 0. The van der Waals surface area contributed by atoms with Crippen molar-refractivity contribution in [2.45, 2.75) is 25.8 Å². The number of rotatable bonds is 7. The van der Waals surface area contributed by atoms with E-state index in [0.717, 1.165) is 56.0 Å². The third-order valence-corrected chi connectivity index (χ3v) is 6.49. The van der Waals surface area contributed by atoms with Crippen LogP contribution in [0, 0.1) is 0 Å². The Hall–Kier alpha value is -3.24. The molecule has 1 atom stereocenters. The van der Waals surface area contributed by atoms with E-state index in [2.05, 4.69) is 65.8 Å². The Bertz CT molecular complexity index is 1060.